The van der Waals surface area contributed by atoms with Gasteiger partial charge in [-0.3, -0.25) is 0 Å². The molecule has 0 heterocycles. The number of carbonyl (C=O) groups excluding carboxylic acids is 1. The third kappa shape index (κ3) is 3.96. The first-order chi connectivity index (χ1) is 11.1. The summed E-state index contributed by atoms with van der Waals surface area (Å²) in [5, 5.41) is 0. The lowest BCUT2D eigenvalue weighted by Gasteiger charge is -2.13. The summed E-state index contributed by atoms with van der Waals surface area (Å²) < 4.78 is 21.9. The molecule has 23 heavy (non-hydrogen) atoms. The van der Waals surface area contributed by atoms with Gasteiger partial charge in [0.25, 0.3) is 0 Å². The minimum absolute atomic E-state index is 0.0592. The molecule has 0 aliphatic rings. The highest BCUT2D eigenvalue weighted by Crippen LogP contribution is 2.33. The molecule has 0 atom stereocenters. The van der Waals surface area contributed by atoms with Crippen molar-refractivity contribution in [3.63, 3.8) is 0 Å². The molecule has 0 aromatic heterocycles. The number of ether oxygens (including phenoxy) is 4. The molecule has 0 fully saturated rings. The molecule has 0 saturated carbocycles. The molecule has 0 saturated heterocycles. The van der Waals surface area contributed by atoms with Crippen LogP contribution in [-0.4, -0.2) is 27.3 Å². The van der Waals surface area contributed by atoms with Gasteiger partial charge in [0.2, 0.25) is 0 Å². The van der Waals surface area contributed by atoms with Crippen molar-refractivity contribution in [1.29, 1.82) is 0 Å². The molecular weight excluding hydrogens is 364 g/mol. The van der Waals surface area contributed by atoms with Crippen molar-refractivity contribution in [2.75, 3.05) is 21.3 Å². The molecule has 0 amide bonds. The number of hydrogen-bond acceptors (Lipinski definition) is 5. The number of methoxy groups -OCH3 is 3. The average Bonchev–Trinajstić information content (AvgIpc) is 2.59. The zero-order valence-electron chi connectivity index (χ0n) is 13.1. The molecule has 0 aliphatic carbocycles. The van der Waals surface area contributed by atoms with E-state index in [9.17, 15) is 4.79 Å². The van der Waals surface area contributed by atoms with E-state index in [0.717, 1.165) is 4.47 Å². The number of para-hydroxylation sites is 1. The van der Waals surface area contributed by atoms with Crippen molar-refractivity contribution in [1.82, 2.24) is 0 Å². The highest BCUT2D eigenvalue weighted by molar-refractivity contribution is 9.10. The molecule has 6 heteroatoms. The maximum absolute atomic E-state index is 12.2. The van der Waals surface area contributed by atoms with Crippen LogP contribution in [0.3, 0.4) is 0 Å². The van der Waals surface area contributed by atoms with E-state index in [1.165, 1.54) is 7.11 Å². The minimum atomic E-state index is -0.466. The molecule has 0 bridgehead atoms. The van der Waals surface area contributed by atoms with Gasteiger partial charge in [-0.1, -0.05) is 12.1 Å². The quantitative estimate of drug-likeness (QED) is 0.712. The highest BCUT2D eigenvalue weighted by Gasteiger charge is 2.15. The second-order valence-electron chi connectivity index (χ2n) is 4.58. The van der Waals surface area contributed by atoms with E-state index in [2.05, 4.69) is 15.9 Å². The molecule has 2 aromatic carbocycles. The van der Waals surface area contributed by atoms with Crippen LogP contribution in [0.1, 0.15) is 15.9 Å². The largest absolute Gasteiger partial charge is 0.496 e. The van der Waals surface area contributed by atoms with E-state index < -0.39 is 5.97 Å². The Bertz CT molecular complexity index is 699. The van der Waals surface area contributed by atoms with Crippen LogP contribution < -0.4 is 14.2 Å². The van der Waals surface area contributed by atoms with Crippen LogP contribution in [0.4, 0.5) is 0 Å². The third-order valence-electron chi connectivity index (χ3n) is 3.24. The first-order valence-corrected chi connectivity index (χ1v) is 7.60. The van der Waals surface area contributed by atoms with Gasteiger partial charge < -0.3 is 18.9 Å². The standard InChI is InChI=1S/C17H17BrO5/c1-20-14-7-5-4-6-12(14)17(19)23-10-11-8-16(22-3)13(18)9-15(11)21-2/h4-9H,10H2,1-3H3. The monoisotopic (exact) mass is 380 g/mol. The van der Waals surface area contributed by atoms with Crippen molar-refractivity contribution in [3.8, 4) is 17.2 Å². The van der Waals surface area contributed by atoms with E-state index in [-0.39, 0.29) is 6.61 Å². The summed E-state index contributed by atoms with van der Waals surface area (Å²) in [7, 11) is 4.63. The Hall–Kier alpha value is -2.21. The second kappa shape index (κ2) is 7.87. The molecule has 122 valence electrons. The summed E-state index contributed by atoms with van der Waals surface area (Å²) in [4.78, 5) is 12.2. The molecule has 0 aliphatic heterocycles. The Labute approximate surface area is 143 Å². The summed E-state index contributed by atoms with van der Waals surface area (Å²) in [6, 6.07) is 10.4. The SMILES string of the molecule is COc1cc(COC(=O)c2ccccc2OC)c(OC)cc1Br. The zero-order valence-corrected chi connectivity index (χ0v) is 14.7. The van der Waals surface area contributed by atoms with Crippen LogP contribution in [0.2, 0.25) is 0 Å². The normalized spacial score (nSPS) is 10.1. The van der Waals surface area contributed by atoms with Gasteiger partial charge in [-0.2, -0.15) is 0 Å². The molecule has 0 N–H and O–H groups in total. The summed E-state index contributed by atoms with van der Waals surface area (Å²) in [5.74, 6) is 1.24. The molecular formula is C17H17BrO5. The van der Waals surface area contributed by atoms with E-state index in [1.54, 1.807) is 50.6 Å². The fourth-order valence-corrected chi connectivity index (χ4v) is 2.56. The van der Waals surface area contributed by atoms with Gasteiger partial charge in [-0.15, -0.1) is 0 Å². The Morgan fingerprint density at radius 2 is 1.61 bits per heavy atom. The van der Waals surface area contributed by atoms with Gasteiger partial charge in [0.1, 0.15) is 29.4 Å². The smallest absolute Gasteiger partial charge is 0.342 e. The molecule has 2 aromatic rings. The van der Waals surface area contributed by atoms with Crippen LogP contribution in [0.15, 0.2) is 40.9 Å². The van der Waals surface area contributed by atoms with Gasteiger partial charge in [-0.05, 0) is 40.2 Å². The minimum Gasteiger partial charge on any atom is -0.496 e. The highest BCUT2D eigenvalue weighted by atomic mass is 79.9. The first-order valence-electron chi connectivity index (χ1n) is 6.81. The lowest BCUT2D eigenvalue weighted by molar-refractivity contribution is 0.0466. The first kappa shape index (κ1) is 17.1. The Balaban J connectivity index is 2.18. The Kier molecular flexibility index (Phi) is 5.87. The topological polar surface area (TPSA) is 54.0 Å². The van der Waals surface area contributed by atoms with Crippen molar-refractivity contribution >= 4 is 21.9 Å². The second-order valence-corrected chi connectivity index (χ2v) is 5.43. The number of halogens is 1. The number of rotatable bonds is 6. The number of carbonyl (C=O) groups is 1. The maximum Gasteiger partial charge on any atom is 0.342 e. The summed E-state index contributed by atoms with van der Waals surface area (Å²) in [6.45, 7) is 0.0592. The lowest BCUT2D eigenvalue weighted by atomic mass is 10.2. The molecule has 0 unspecified atom stereocenters. The molecule has 0 radical (unpaired) electrons. The number of benzene rings is 2. The Morgan fingerprint density at radius 1 is 0.957 bits per heavy atom. The van der Waals surface area contributed by atoms with Gasteiger partial charge in [0.05, 0.1) is 25.8 Å². The van der Waals surface area contributed by atoms with Crippen molar-refractivity contribution in [3.05, 3.63) is 52.0 Å². The van der Waals surface area contributed by atoms with Crippen molar-refractivity contribution < 1.29 is 23.7 Å². The van der Waals surface area contributed by atoms with Gasteiger partial charge in [0, 0.05) is 5.56 Å². The number of esters is 1. The van der Waals surface area contributed by atoms with Crippen LogP contribution in [0.5, 0.6) is 17.2 Å². The zero-order chi connectivity index (χ0) is 16.8. The molecule has 5 nitrogen and oxygen atoms in total. The Morgan fingerprint density at radius 3 is 2.26 bits per heavy atom. The predicted molar refractivity (Wildman–Crippen MR) is 89.4 cm³/mol. The summed E-state index contributed by atoms with van der Waals surface area (Å²) >= 11 is 3.39. The van der Waals surface area contributed by atoms with E-state index in [4.69, 9.17) is 18.9 Å². The number of hydrogen-bond donors (Lipinski definition) is 0. The van der Waals surface area contributed by atoms with Crippen LogP contribution in [0.25, 0.3) is 0 Å². The van der Waals surface area contributed by atoms with Gasteiger partial charge >= 0.3 is 5.97 Å². The average molecular weight is 381 g/mol. The lowest BCUT2D eigenvalue weighted by Crippen LogP contribution is -2.08. The third-order valence-corrected chi connectivity index (χ3v) is 3.86. The predicted octanol–water partition coefficient (Wildman–Crippen LogP) is 3.83. The van der Waals surface area contributed by atoms with E-state index in [1.807, 2.05) is 0 Å². The van der Waals surface area contributed by atoms with Gasteiger partial charge in [0.15, 0.2) is 0 Å². The van der Waals surface area contributed by atoms with E-state index >= 15 is 0 Å². The van der Waals surface area contributed by atoms with Crippen LogP contribution in [0, 0.1) is 0 Å². The van der Waals surface area contributed by atoms with Crippen molar-refractivity contribution in [2.24, 2.45) is 0 Å². The van der Waals surface area contributed by atoms with Crippen LogP contribution in [-0.2, 0) is 11.3 Å². The fraction of sp³-hybridized carbons (Fsp3) is 0.235. The summed E-state index contributed by atoms with van der Waals surface area (Å²) in [5.41, 5.74) is 1.08. The van der Waals surface area contributed by atoms with Gasteiger partial charge in [-0.25, -0.2) is 4.79 Å². The maximum atomic E-state index is 12.2. The molecule has 0 spiro atoms. The van der Waals surface area contributed by atoms with Crippen LogP contribution >= 0.6 is 15.9 Å². The fourth-order valence-electron chi connectivity index (χ4n) is 2.07. The van der Waals surface area contributed by atoms with E-state index in [0.29, 0.717) is 28.4 Å². The summed E-state index contributed by atoms with van der Waals surface area (Å²) in [6.07, 6.45) is 0. The molecule has 2 rings (SSSR count). The van der Waals surface area contributed by atoms with Crippen molar-refractivity contribution in [2.45, 2.75) is 6.61 Å².